The van der Waals surface area contributed by atoms with Crippen LogP contribution in [0.15, 0.2) is 18.2 Å². The minimum atomic E-state index is 0.883. The molecule has 1 N–H and O–H groups in total. The summed E-state index contributed by atoms with van der Waals surface area (Å²) in [6.45, 7) is 4.02. The summed E-state index contributed by atoms with van der Waals surface area (Å²) in [6.07, 6.45) is 0. The Labute approximate surface area is 99.2 Å². The number of alkyl halides is 1. The quantitative estimate of drug-likeness (QED) is 0.513. The normalized spacial score (nSPS) is 10.2. The number of aryl methyl sites for hydroxylation is 1. The Bertz CT molecular complexity index is 289. The largest absolute Gasteiger partial charge is 0.496 e. The van der Waals surface area contributed by atoms with Crippen LogP contribution in [0, 0.1) is 6.92 Å². The van der Waals surface area contributed by atoms with Crippen molar-refractivity contribution >= 4 is 22.6 Å². The minimum absolute atomic E-state index is 0.883. The predicted octanol–water partition coefficient (Wildman–Crippen LogP) is 2.53. The predicted molar refractivity (Wildman–Crippen MR) is 68.3 cm³/mol. The van der Waals surface area contributed by atoms with E-state index >= 15 is 0 Å². The maximum Gasteiger partial charge on any atom is 0.123 e. The van der Waals surface area contributed by atoms with Crippen molar-refractivity contribution < 1.29 is 4.74 Å². The van der Waals surface area contributed by atoms with Gasteiger partial charge in [0.15, 0.2) is 0 Å². The molecule has 0 amide bonds. The van der Waals surface area contributed by atoms with E-state index in [1.165, 1.54) is 11.1 Å². The smallest absolute Gasteiger partial charge is 0.123 e. The van der Waals surface area contributed by atoms with Crippen LogP contribution in [-0.4, -0.2) is 18.1 Å². The van der Waals surface area contributed by atoms with Crippen LogP contribution in [-0.2, 0) is 6.54 Å². The molecular formula is C11H16INO. The fraction of sp³-hybridized carbons (Fsp3) is 0.455. The lowest BCUT2D eigenvalue weighted by atomic mass is 10.1. The molecule has 0 heterocycles. The minimum Gasteiger partial charge on any atom is -0.496 e. The molecule has 0 saturated carbocycles. The summed E-state index contributed by atoms with van der Waals surface area (Å²) in [5.41, 5.74) is 2.51. The molecule has 0 atom stereocenters. The number of hydrogen-bond donors (Lipinski definition) is 1. The first kappa shape index (κ1) is 11.8. The van der Waals surface area contributed by atoms with Crippen molar-refractivity contribution in [3.05, 3.63) is 29.3 Å². The highest BCUT2D eigenvalue weighted by Crippen LogP contribution is 2.19. The summed E-state index contributed by atoms with van der Waals surface area (Å²) in [5.74, 6) is 0.969. The lowest BCUT2D eigenvalue weighted by molar-refractivity contribution is 0.408. The number of ether oxygens (including phenoxy) is 1. The van der Waals surface area contributed by atoms with Gasteiger partial charge in [-0.05, 0) is 13.0 Å². The van der Waals surface area contributed by atoms with Crippen molar-refractivity contribution in [2.45, 2.75) is 13.5 Å². The number of halogens is 1. The molecule has 1 rings (SSSR count). The summed E-state index contributed by atoms with van der Waals surface area (Å²) in [4.78, 5) is 0. The molecule has 1 aromatic rings. The van der Waals surface area contributed by atoms with Crippen molar-refractivity contribution in [2.75, 3.05) is 18.1 Å². The monoisotopic (exact) mass is 305 g/mol. The van der Waals surface area contributed by atoms with E-state index < -0.39 is 0 Å². The molecule has 1 aromatic carbocycles. The van der Waals surface area contributed by atoms with Crippen LogP contribution >= 0.6 is 22.6 Å². The van der Waals surface area contributed by atoms with E-state index in [1.54, 1.807) is 7.11 Å². The lowest BCUT2D eigenvalue weighted by Crippen LogP contribution is -2.16. The van der Waals surface area contributed by atoms with Crippen molar-refractivity contribution in [3.8, 4) is 5.75 Å². The Morgan fingerprint density at radius 3 is 2.86 bits per heavy atom. The van der Waals surface area contributed by atoms with Gasteiger partial charge in [0.05, 0.1) is 7.11 Å². The third kappa shape index (κ3) is 3.46. The molecule has 0 spiro atoms. The van der Waals surface area contributed by atoms with Gasteiger partial charge < -0.3 is 10.1 Å². The highest BCUT2D eigenvalue weighted by Gasteiger charge is 2.01. The number of hydrogen-bond acceptors (Lipinski definition) is 2. The van der Waals surface area contributed by atoms with E-state index in [0.717, 1.165) is 23.3 Å². The highest BCUT2D eigenvalue weighted by atomic mass is 127. The summed E-state index contributed by atoms with van der Waals surface area (Å²) in [5, 5.41) is 3.37. The van der Waals surface area contributed by atoms with Gasteiger partial charge in [-0.3, -0.25) is 0 Å². The number of nitrogens with one attached hydrogen (secondary N) is 1. The van der Waals surface area contributed by atoms with Crippen molar-refractivity contribution in [1.29, 1.82) is 0 Å². The first-order chi connectivity index (χ1) is 6.77. The average molecular weight is 305 g/mol. The van der Waals surface area contributed by atoms with Crippen LogP contribution in [0.1, 0.15) is 11.1 Å². The zero-order valence-corrected chi connectivity index (χ0v) is 10.8. The first-order valence-corrected chi connectivity index (χ1v) is 6.20. The van der Waals surface area contributed by atoms with E-state index in [4.69, 9.17) is 4.74 Å². The third-order valence-corrected chi connectivity index (χ3v) is 2.56. The Morgan fingerprint density at radius 1 is 1.43 bits per heavy atom. The topological polar surface area (TPSA) is 21.3 Å². The van der Waals surface area contributed by atoms with Crippen LogP contribution < -0.4 is 10.1 Å². The molecule has 0 aliphatic carbocycles. The number of rotatable bonds is 5. The molecule has 0 saturated heterocycles. The van der Waals surface area contributed by atoms with Gasteiger partial charge in [-0.1, -0.05) is 40.3 Å². The fourth-order valence-corrected chi connectivity index (χ4v) is 1.72. The summed E-state index contributed by atoms with van der Waals surface area (Å²) in [7, 11) is 1.71. The number of benzene rings is 1. The van der Waals surface area contributed by atoms with Crippen LogP contribution in [0.3, 0.4) is 0 Å². The molecular weight excluding hydrogens is 289 g/mol. The van der Waals surface area contributed by atoms with Gasteiger partial charge in [0.1, 0.15) is 5.75 Å². The summed E-state index contributed by atoms with van der Waals surface area (Å²) >= 11 is 2.36. The van der Waals surface area contributed by atoms with Gasteiger partial charge in [0.25, 0.3) is 0 Å². The molecule has 0 radical (unpaired) electrons. The Hall–Kier alpha value is -0.290. The second-order valence-electron chi connectivity index (χ2n) is 3.18. The molecule has 2 nitrogen and oxygen atoms in total. The number of methoxy groups -OCH3 is 1. The van der Waals surface area contributed by atoms with Crippen molar-refractivity contribution in [2.24, 2.45) is 0 Å². The molecule has 0 unspecified atom stereocenters. The molecule has 0 aliphatic heterocycles. The first-order valence-electron chi connectivity index (χ1n) is 4.68. The second kappa shape index (κ2) is 6.24. The van der Waals surface area contributed by atoms with Crippen molar-refractivity contribution in [3.63, 3.8) is 0 Å². The van der Waals surface area contributed by atoms with Gasteiger partial charge in [0, 0.05) is 23.1 Å². The van der Waals surface area contributed by atoms with Gasteiger partial charge in [-0.25, -0.2) is 0 Å². The van der Waals surface area contributed by atoms with Crippen LogP contribution in [0.4, 0.5) is 0 Å². The summed E-state index contributed by atoms with van der Waals surface area (Å²) < 4.78 is 6.42. The van der Waals surface area contributed by atoms with E-state index in [2.05, 4.69) is 47.0 Å². The highest BCUT2D eigenvalue weighted by molar-refractivity contribution is 14.1. The van der Waals surface area contributed by atoms with Crippen LogP contribution in [0.5, 0.6) is 5.75 Å². The zero-order valence-electron chi connectivity index (χ0n) is 8.64. The van der Waals surface area contributed by atoms with Gasteiger partial charge in [-0.15, -0.1) is 0 Å². The van der Waals surface area contributed by atoms with Crippen LogP contribution in [0.25, 0.3) is 0 Å². The van der Waals surface area contributed by atoms with E-state index in [1.807, 2.05) is 6.07 Å². The summed E-state index contributed by atoms with van der Waals surface area (Å²) in [6, 6.07) is 6.26. The molecule has 14 heavy (non-hydrogen) atoms. The molecule has 0 aliphatic rings. The van der Waals surface area contributed by atoms with Crippen LogP contribution in [0.2, 0.25) is 0 Å². The average Bonchev–Trinajstić information content (AvgIpc) is 2.19. The van der Waals surface area contributed by atoms with E-state index in [-0.39, 0.29) is 0 Å². The fourth-order valence-electron chi connectivity index (χ4n) is 1.34. The van der Waals surface area contributed by atoms with Gasteiger partial charge in [0.2, 0.25) is 0 Å². The second-order valence-corrected chi connectivity index (χ2v) is 4.26. The van der Waals surface area contributed by atoms with E-state index in [9.17, 15) is 0 Å². The van der Waals surface area contributed by atoms with Gasteiger partial charge >= 0.3 is 0 Å². The van der Waals surface area contributed by atoms with Gasteiger partial charge in [-0.2, -0.15) is 0 Å². The Morgan fingerprint density at radius 2 is 2.21 bits per heavy atom. The third-order valence-electron chi connectivity index (χ3n) is 2.02. The maximum atomic E-state index is 5.29. The lowest BCUT2D eigenvalue weighted by Gasteiger charge is -2.09. The Kier molecular flexibility index (Phi) is 5.25. The standard InChI is InChI=1S/C11H16INO/c1-9-3-4-11(14-2)10(7-9)8-13-6-5-12/h3-4,7,13H,5-6,8H2,1-2H3. The maximum absolute atomic E-state index is 5.29. The Balaban J connectivity index is 2.67. The van der Waals surface area contributed by atoms with Crippen molar-refractivity contribution in [1.82, 2.24) is 5.32 Å². The zero-order chi connectivity index (χ0) is 10.4. The molecule has 0 aromatic heterocycles. The molecule has 0 bridgehead atoms. The molecule has 3 heteroatoms. The van der Waals surface area contributed by atoms with E-state index in [0.29, 0.717) is 0 Å². The molecule has 78 valence electrons. The molecule has 0 fully saturated rings. The SMILES string of the molecule is COc1ccc(C)cc1CNCCI.